The van der Waals surface area contributed by atoms with Crippen LogP contribution in [0.5, 0.6) is 5.75 Å². The summed E-state index contributed by atoms with van der Waals surface area (Å²) in [6, 6.07) is 17.7. The van der Waals surface area contributed by atoms with Gasteiger partial charge in [-0.2, -0.15) is 5.26 Å². The zero-order chi connectivity index (χ0) is 18.0. The summed E-state index contributed by atoms with van der Waals surface area (Å²) in [6.07, 6.45) is 0. The molecule has 3 rings (SSSR count). The molecule has 0 amide bonds. The molecule has 0 unspecified atom stereocenters. The van der Waals surface area contributed by atoms with Crippen molar-refractivity contribution in [2.75, 3.05) is 12.8 Å². The zero-order valence-electron chi connectivity index (χ0n) is 13.9. The van der Waals surface area contributed by atoms with E-state index in [4.69, 9.17) is 10.5 Å². The van der Waals surface area contributed by atoms with Crippen LogP contribution in [-0.4, -0.2) is 12.1 Å². The Morgan fingerprint density at radius 3 is 2.52 bits per heavy atom. The van der Waals surface area contributed by atoms with E-state index in [-0.39, 0.29) is 5.82 Å². The summed E-state index contributed by atoms with van der Waals surface area (Å²) in [5.41, 5.74) is 10.7. The van der Waals surface area contributed by atoms with Gasteiger partial charge in [-0.1, -0.05) is 40.2 Å². The van der Waals surface area contributed by atoms with Crippen LogP contribution in [0.1, 0.15) is 11.1 Å². The van der Waals surface area contributed by atoms with E-state index in [1.807, 2.05) is 55.5 Å². The Hall–Kier alpha value is -2.84. The minimum absolute atomic E-state index is 0.209. The number of nitrogens with two attached hydrogens (primary N) is 1. The number of anilines is 1. The number of pyridine rings is 1. The molecule has 0 aliphatic heterocycles. The lowest BCUT2D eigenvalue weighted by molar-refractivity contribution is 0.416. The number of rotatable bonds is 3. The van der Waals surface area contributed by atoms with Crippen molar-refractivity contribution in [2.45, 2.75) is 6.92 Å². The molecule has 0 saturated carbocycles. The molecule has 2 aromatic carbocycles. The highest BCUT2D eigenvalue weighted by atomic mass is 79.9. The van der Waals surface area contributed by atoms with Gasteiger partial charge < -0.3 is 10.5 Å². The van der Waals surface area contributed by atoms with Crippen molar-refractivity contribution in [3.8, 4) is 34.2 Å². The molecular weight excluding hydrogens is 378 g/mol. The first-order valence-corrected chi connectivity index (χ1v) is 8.45. The first kappa shape index (κ1) is 17.0. The van der Waals surface area contributed by atoms with Crippen molar-refractivity contribution < 1.29 is 4.74 Å². The largest absolute Gasteiger partial charge is 0.496 e. The molecule has 0 spiro atoms. The summed E-state index contributed by atoms with van der Waals surface area (Å²) < 4.78 is 6.36. The first-order chi connectivity index (χ1) is 12.0. The van der Waals surface area contributed by atoms with E-state index >= 15 is 0 Å². The average molecular weight is 394 g/mol. The molecule has 0 bridgehead atoms. The number of aryl methyl sites for hydroxylation is 1. The van der Waals surface area contributed by atoms with Crippen LogP contribution in [0.15, 0.2) is 53.0 Å². The molecule has 0 radical (unpaired) electrons. The van der Waals surface area contributed by atoms with Crippen LogP contribution in [0.25, 0.3) is 22.4 Å². The molecule has 2 N–H and O–H groups in total. The van der Waals surface area contributed by atoms with Gasteiger partial charge in [-0.05, 0) is 36.8 Å². The summed E-state index contributed by atoms with van der Waals surface area (Å²) >= 11 is 3.48. The number of halogens is 1. The molecule has 1 aromatic heterocycles. The Bertz CT molecular complexity index is 993. The number of nitrogen functional groups attached to an aromatic ring is 1. The van der Waals surface area contributed by atoms with Crippen molar-refractivity contribution >= 4 is 21.7 Å². The van der Waals surface area contributed by atoms with Crippen molar-refractivity contribution in [3.63, 3.8) is 0 Å². The van der Waals surface area contributed by atoms with Crippen molar-refractivity contribution in [1.29, 1.82) is 5.26 Å². The number of ether oxygens (including phenoxy) is 1. The van der Waals surface area contributed by atoms with Gasteiger partial charge in [0.15, 0.2) is 0 Å². The second kappa shape index (κ2) is 6.96. The van der Waals surface area contributed by atoms with Gasteiger partial charge in [-0.15, -0.1) is 0 Å². The fourth-order valence-electron chi connectivity index (χ4n) is 2.78. The minimum atomic E-state index is 0.209. The van der Waals surface area contributed by atoms with Crippen LogP contribution in [0.3, 0.4) is 0 Å². The smallest absolute Gasteiger partial charge is 0.142 e. The van der Waals surface area contributed by atoms with E-state index in [2.05, 4.69) is 27.0 Å². The Kier molecular flexibility index (Phi) is 4.73. The van der Waals surface area contributed by atoms with Crippen molar-refractivity contribution in [2.24, 2.45) is 0 Å². The summed E-state index contributed by atoms with van der Waals surface area (Å²) in [6.45, 7) is 2.02. The van der Waals surface area contributed by atoms with Gasteiger partial charge in [0.05, 0.1) is 12.8 Å². The fourth-order valence-corrected chi connectivity index (χ4v) is 3.14. The van der Waals surface area contributed by atoms with E-state index in [1.54, 1.807) is 7.11 Å². The van der Waals surface area contributed by atoms with Gasteiger partial charge in [0.2, 0.25) is 0 Å². The molecule has 5 heteroatoms. The van der Waals surface area contributed by atoms with Crippen molar-refractivity contribution in [1.82, 2.24) is 4.98 Å². The fraction of sp³-hybridized carbons (Fsp3) is 0.100. The maximum Gasteiger partial charge on any atom is 0.142 e. The molecule has 0 atom stereocenters. The lowest BCUT2D eigenvalue weighted by Crippen LogP contribution is -2.01. The van der Waals surface area contributed by atoms with E-state index in [9.17, 15) is 5.26 Å². The number of aromatic nitrogens is 1. The molecule has 0 aliphatic carbocycles. The van der Waals surface area contributed by atoms with Crippen molar-refractivity contribution in [3.05, 3.63) is 64.1 Å². The summed E-state index contributed by atoms with van der Waals surface area (Å²) in [5, 5.41) is 9.59. The molecular formula is C20H16BrN3O. The Labute approximate surface area is 155 Å². The molecule has 1 heterocycles. The second-order valence-corrected chi connectivity index (χ2v) is 6.50. The third-order valence-corrected chi connectivity index (χ3v) is 4.53. The molecule has 124 valence electrons. The summed E-state index contributed by atoms with van der Waals surface area (Å²) in [4.78, 5) is 4.44. The third kappa shape index (κ3) is 3.21. The third-order valence-electron chi connectivity index (χ3n) is 4.03. The average Bonchev–Trinajstić information content (AvgIpc) is 2.61. The predicted octanol–water partition coefficient (Wildman–Crippen LogP) is 4.95. The lowest BCUT2D eigenvalue weighted by Gasteiger charge is -2.14. The van der Waals surface area contributed by atoms with Gasteiger partial charge in [0.25, 0.3) is 0 Å². The van der Waals surface area contributed by atoms with Gasteiger partial charge >= 0.3 is 0 Å². The summed E-state index contributed by atoms with van der Waals surface area (Å²) in [7, 11) is 1.60. The van der Waals surface area contributed by atoms with Crippen LogP contribution in [0.2, 0.25) is 0 Å². The zero-order valence-corrected chi connectivity index (χ0v) is 15.5. The highest BCUT2D eigenvalue weighted by Gasteiger charge is 2.17. The normalized spacial score (nSPS) is 10.3. The Morgan fingerprint density at radius 1 is 1.08 bits per heavy atom. The van der Waals surface area contributed by atoms with Gasteiger partial charge in [0, 0.05) is 21.2 Å². The van der Waals surface area contributed by atoms with Crippen LogP contribution >= 0.6 is 15.9 Å². The van der Waals surface area contributed by atoms with Crippen LogP contribution in [0.4, 0.5) is 5.82 Å². The second-order valence-electron chi connectivity index (χ2n) is 5.59. The Balaban J connectivity index is 2.32. The van der Waals surface area contributed by atoms with E-state index in [0.717, 1.165) is 26.9 Å². The van der Waals surface area contributed by atoms with Crippen LogP contribution < -0.4 is 10.5 Å². The van der Waals surface area contributed by atoms with Crippen LogP contribution in [-0.2, 0) is 0 Å². The number of hydrogen-bond donors (Lipinski definition) is 1. The lowest BCUT2D eigenvalue weighted by atomic mass is 9.96. The number of nitriles is 1. The molecule has 0 saturated heterocycles. The number of benzene rings is 2. The maximum atomic E-state index is 9.59. The number of hydrogen-bond acceptors (Lipinski definition) is 4. The standard InChI is InChI=1S/C20H16BrN3O/c1-12-5-3-4-6-14(12)18-10-15(17(11-22)20(23)24-18)16-9-13(21)7-8-19(16)25-2/h3-10H,1-2H3,(H2,23,24). The highest BCUT2D eigenvalue weighted by Crippen LogP contribution is 2.38. The predicted molar refractivity (Wildman–Crippen MR) is 103 cm³/mol. The van der Waals surface area contributed by atoms with Gasteiger partial charge in [0.1, 0.15) is 23.2 Å². The molecule has 3 aromatic rings. The topological polar surface area (TPSA) is 71.9 Å². The molecule has 0 aliphatic rings. The van der Waals surface area contributed by atoms with E-state index < -0.39 is 0 Å². The quantitative estimate of drug-likeness (QED) is 0.682. The monoisotopic (exact) mass is 393 g/mol. The SMILES string of the molecule is COc1ccc(Br)cc1-c1cc(-c2ccccc2C)nc(N)c1C#N. The van der Waals surface area contributed by atoms with Crippen LogP contribution in [0, 0.1) is 18.3 Å². The summed E-state index contributed by atoms with van der Waals surface area (Å²) in [5.74, 6) is 0.876. The maximum absolute atomic E-state index is 9.59. The molecule has 4 nitrogen and oxygen atoms in total. The first-order valence-electron chi connectivity index (χ1n) is 7.65. The Morgan fingerprint density at radius 2 is 1.84 bits per heavy atom. The minimum Gasteiger partial charge on any atom is -0.496 e. The van der Waals surface area contributed by atoms with E-state index in [1.165, 1.54) is 0 Å². The molecule has 0 fully saturated rings. The van der Waals surface area contributed by atoms with Gasteiger partial charge in [-0.25, -0.2) is 4.98 Å². The molecule has 25 heavy (non-hydrogen) atoms. The number of nitrogens with zero attached hydrogens (tertiary/aromatic N) is 2. The van der Waals surface area contributed by atoms with Gasteiger partial charge in [-0.3, -0.25) is 0 Å². The highest BCUT2D eigenvalue weighted by molar-refractivity contribution is 9.10. The number of methoxy groups -OCH3 is 1. The van der Waals surface area contributed by atoms with E-state index in [0.29, 0.717) is 16.9 Å².